The third-order valence-corrected chi connectivity index (χ3v) is 2.23. The van der Waals surface area contributed by atoms with Crippen molar-refractivity contribution in [2.24, 2.45) is 0 Å². The predicted molar refractivity (Wildman–Crippen MR) is 57.7 cm³/mol. The van der Waals surface area contributed by atoms with E-state index in [0.717, 1.165) is 37.5 Å². The molecule has 0 amide bonds. The molecular weight excluding hydrogens is 160 g/mol. The summed E-state index contributed by atoms with van der Waals surface area (Å²) in [6.45, 7) is 6.37. The molecule has 0 heterocycles. The van der Waals surface area contributed by atoms with Crippen molar-refractivity contribution in [1.82, 2.24) is 0 Å². The fraction of sp³-hybridized carbons (Fsp3) is 0.583. The van der Waals surface area contributed by atoms with Crippen LogP contribution in [0.4, 0.5) is 0 Å². The molecule has 0 aromatic rings. The van der Waals surface area contributed by atoms with Gasteiger partial charge in [-0.2, -0.15) is 0 Å². The fourth-order valence-corrected chi connectivity index (χ4v) is 1.24. The second-order valence-corrected chi connectivity index (χ2v) is 3.26. The minimum atomic E-state index is 0.861. The molecule has 74 valence electrons. The molecule has 0 aliphatic rings. The number of allylic oxidation sites excluding steroid dienone is 4. The summed E-state index contributed by atoms with van der Waals surface area (Å²) in [6, 6.07) is 0. The van der Waals surface area contributed by atoms with E-state index in [1.807, 2.05) is 6.92 Å². The van der Waals surface area contributed by atoms with Crippen molar-refractivity contribution >= 4 is 6.29 Å². The predicted octanol–water partition coefficient (Wildman–Crippen LogP) is 3.66. The smallest absolute Gasteiger partial charge is 0.142 e. The summed E-state index contributed by atoms with van der Waals surface area (Å²) in [6.07, 6.45) is 9.16. The Morgan fingerprint density at radius 2 is 1.85 bits per heavy atom. The zero-order chi connectivity index (χ0) is 10.1. The maximum absolute atomic E-state index is 10.1. The molecule has 0 fully saturated rings. The maximum atomic E-state index is 10.1. The van der Waals surface area contributed by atoms with Crippen LogP contribution in [-0.4, -0.2) is 6.29 Å². The summed E-state index contributed by atoms with van der Waals surface area (Å²) >= 11 is 0. The van der Waals surface area contributed by atoms with Crippen LogP contribution < -0.4 is 0 Å². The van der Waals surface area contributed by atoms with Gasteiger partial charge in [-0.25, -0.2) is 0 Å². The zero-order valence-corrected chi connectivity index (χ0v) is 8.97. The molecule has 0 aromatic carbocycles. The fourth-order valence-electron chi connectivity index (χ4n) is 1.24. The summed E-state index contributed by atoms with van der Waals surface area (Å²) < 4.78 is 0. The van der Waals surface area contributed by atoms with Crippen LogP contribution in [0.1, 0.15) is 46.5 Å². The minimum Gasteiger partial charge on any atom is -0.299 e. The van der Waals surface area contributed by atoms with Crippen molar-refractivity contribution in [3.63, 3.8) is 0 Å². The summed E-state index contributed by atoms with van der Waals surface area (Å²) in [5.41, 5.74) is 2.68. The molecule has 0 radical (unpaired) electrons. The molecule has 0 atom stereocenters. The van der Waals surface area contributed by atoms with Crippen LogP contribution in [0.5, 0.6) is 0 Å². The van der Waals surface area contributed by atoms with Crippen LogP contribution in [0.25, 0.3) is 0 Å². The molecule has 0 aliphatic carbocycles. The number of carbonyl (C=O) groups is 1. The topological polar surface area (TPSA) is 17.1 Å². The van der Waals surface area contributed by atoms with E-state index >= 15 is 0 Å². The van der Waals surface area contributed by atoms with Gasteiger partial charge in [-0.05, 0) is 38.7 Å². The monoisotopic (exact) mass is 180 g/mol. The van der Waals surface area contributed by atoms with Crippen molar-refractivity contribution in [2.45, 2.75) is 46.5 Å². The molecule has 0 aromatic heterocycles. The van der Waals surface area contributed by atoms with Gasteiger partial charge in [0.25, 0.3) is 0 Å². The lowest BCUT2D eigenvalue weighted by Gasteiger charge is -2.00. The quantitative estimate of drug-likeness (QED) is 0.346. The Labute approximate surface area is 81.5 Å². The summed E-state index contributed by atoms with van der Waals surface area (Å²) in [7, 11) is 0. The Hall–Kier alpha value is -0.850. The third-order valence-electron chi connectivity index (χ3n) is 2.23. The van der Waals surface area contributed by atoms with Crippen molar-refractivity contribution < 1.29 is 4.79 Å². The van der Waals surface area contributed by atoms with Crippen LogP contribution in [0, 0.1) is 0 Å². The molecule has 13 heavy (non-hydrogen) atoms. The largest absolute Gasteiger partial charge is 0.299 e. The molecule has 0 spiro atoms. The molecular formula is C12H20O. The standard InChI is InChI=1S/C12H20O/c1-4-12(5-2)8-6-7-11(3)9-10-13/h8-10H,4-7H2,1-3H3. The normalized spacial score (nSPS) is 11.2. The van der Waals surface area contributed by atoms with E-state index < -0.39 is 0 Å². The molecule has 0 saturated carbocycles. The zero-order valence-electron chi connectivity index (χ0n) is 8.97. The van der Waals surface area contributed by atoms with E-state index in [9.17, 15) is 4.79 Å². The first-order valence-electron chi connectivity index (χ1n) is 5.03. The van der Waals surface area contributed by atoms with E-state index in [1.165, 1.54) is 5.57 Å². The highest BCUT2D eigenvalue weighted by molar-refractivity contribution is 5.65. The second kappa shape index (κ2) is 7.78. The van der Waals surface area contributed by atoms with Gasteiger partial charge in [0, 0.05) is 0 Å². The average Bonchev–Trinajstić information content (AvgIpc) is 2.13. The lowest BCUT2D eigenvalue weighted by molar-refractivity contribution is -0.104. The highest BCUT2D eigenvalue weighted by atomic mass is 16.1. The maximum Gasteiger partial charge on any atom is 0.142 e. The Kier molecular flexibility index (Phi) is 7.27. The first kappa shape index (κ1) is 12.2. The summed E-state index contributed by atoms with van der Waals surface area (Å²) in [5.74, 6) is 0. The molecule has 0 rings (SSSR count). The lowest BCUT2D eigenvalue weighted by atomic mass is 10.1. The van der Waals surface area contributed by atoms with Crippen LogP contribution in [0.2, 0.25) is 0 Å². The molecule has 1 heteroatoms. The van der Waals surface area contributed by atoms with E-state index in [-0.39, 0.29) is 0 Å². The Morgan fingerprint density at radius 3 is 2.31 bits per heavy atom. The highest BCUT2D eigenvalue weighted by Gasteiger charge is 1.91. The van der Waals surface area contributed by atoms with Crippen LogP contribution in [-0.2, 0) is 4.79 Å². The van der Waals surface area contributed by atoms with Crippen LogP contribution in [0.3, 0.4) is 0 Å². The number of aldehydes is 1. The van der Waals surface area contributed by atoms with E-state index in [4.69, 9.17) is 0 Å². The van der Waals surface area contributed by atoms with Gasteiger partial charge in [-0.1, -0.05) is 31.1 Å². The van der Waals surface area contributed by atoms with Gasteiger partial charge in [0.05, 0.1) is 0 Å². The van der Waals surface area contributed by atoms with Crippen LogP contribution >= 0.6 is 0 Å². The first-order chi connectivity index (χ1) is 6.24. The number of rotatable bonds is 6. The molecule has 0 saturated heterocycles. The molecule has 0 N–H and O–H groups in total. The van der Waals surface area contributed by atoms with Crippen molar-refractivity contribution in [2.75, 3.05) is 0 Å². The number of hydrogen-bond acceptors (Lipinski definition) is 1. The van der Waals surface area contributed by atoms with Gasteiger partial charge in [-0.15, -0.1) is 0 Å². The van der Waals surface area contributed by atoms with Gasteiger partial charge in [0.1, 0.15) is 6.29 Å². The Bertz CT molecular complexity index is 193. The molecule has 0 aliphatic heterocycles. The summed E-state index contributed by atoms with van der Waals surface area (Å²) in [4.78, 5) is 10.1. The van der Waals surface area contributed by atoms with E-state index in [0.29, 0.717) is 0 Å². The van der Waals surface area contributed by atoms with Gasteiger partial charge < -0.3 is 0 Å². The first-order valence-corrected chi connectivity index (χ1v) is 5.03. The SMILES string of the molecule is CCC(=CCCC(C)=CC=O)CC. The second-order valence-electron chi connectivity index (χ2n) is 3.26. The van der Waals surface area contributed by atoms with Crippen molar-refractivity contribution in [3.8, 4) is 0 Å². The van der Waals surface area contributed by atoms with Crippen molar-refractivity contribution in [3.05, 3.63) is 23.3 Å². The van der Waals surface area contributed by atoms with Gasteiger partial charge in [-0.3, -0.25) is 4.79 Å². The molecule has 0 unspecified atom stereocenters. The number of carbonyl (C=O) groups excluding carboxylic acids is 1. The average molecular weight is 180 g/mol. The number of hydrogen-bond donors (Lipinski definition) is 0. The Morgan fingerprint density at radius 1 is 1.23 bits per heavy atom. The molecule has 1 nitrogen and oxygen atoms in total. The third kappa shape index (κ3) is 6.32. The van der Waals surface area contributed by atoms with Crippen molar-refractivity contribution in [1.29, 1.82) is 0 Å². The van der Waals surface area contributed by atoms with Crippen LogP contribution in [0.15, 0.2) is 23.3 Å². The lowest BCUT2D eigenvalue weighted by Crippen LogP contribution is -1.81. The Balaban J connectivity index is 3.82. The molecule has 0 bridgehead atoms. The van der Waals surface area contributed by atoms with E-state index in [2.05, 4.69) is 19.9 Å². The van der Waals surface area contributed by atoms with Gasteiger partial charge >= 0.3 is 0 Å². The highest BCUT2D eigenvalue weighted by Crippen LogP contribution is 2.10. The summed E-state index contributed by atoms with van der Waals surface area (Å²) in [5, 5.41) is 0. The van der Waals surface area contributed by atoms with Gasteiger partial charge in [0.15, 0.2) is 0 Å². The minimum absolute atomic E-state index is 0.861. The van der Waals surface area contributed by atoms with Gasteiger partial charge in [0.2, 0.25) is 0 Å². The van der Waals surface area contributed by atoms with E-state index in [1.54, 1.807) is 6.08 Å².